The molecule has 146 valence electrons. The number of carbonyl (C=O) groups is 2. The van der Waals surface area contributed by atoms with Crippen LogP contribution in [-0.2, 0) is 9.59 Å². The van der Waals surface area contributed by atoms with Crippen LogP contribution in [0.3, 0.4) is 0 Å². The lowest BCUT2D eigenvalue weighted by Gasteiger charge is -2.25. The number of hydrazine groups is 1. The summed E-state index contributed by atoms with van der Waals surface area (Å²) in [5.74, 6) is -0.610. The molecule has 0 fully saturated rings. The minimum atomic E-state index is -1.16. The van der Waals surface area contributed by atoms with E-state index in [1.807, 2.05) is 42.5 Å². The summed E-state index contributed by atoms with van der Waals surface area (Å²) in [5.41, 5.74) is 5.75. The van der Waals surface area contributed by atoms with Crippen molar-refractivity contribution in [1.29, 1.82) is 0 Å². The molecule has 6 nitrogen and oxygen atoms in total. The second-order valence-electron chi connectivity index (χ2n) is 6.41. The van der Waals surface area contributed by atoms with Gasteiger partial charge in [0.15, 0.2) is 0 Å². The SMILES string of the molecule is COc1ccc(C2=C[C@H](c3ccc(Cl)cc3)N(C(=O)CCCC(=O)[O-])N2)cc1. The van der Waals surface area contributed by atoms with Crippen LogP contribution in [-0.4, -0.2) is 24.0 Å². The molecule has 1 amide bonds. The van der Waals surface area contributed by atoms with E-state index in [4.69, 9.17) is 16.3 Å². The lowest BCUT2D eigenvalue weighted by atomic mass is 10.0. The Labute approximate surface area is 168 Å². The molecule has 1 heterocycles. The van der Waals surface area contributed by atoms with E-state index < -0.39 is 5.97 Å². The van der Waals surface area contributed by atoms with Crippen molar-refractivity contribution in [2.24, 2.45) is 0 Å². The molecule has 7 heteroatoms. The van der Waals surface area contributed by atoms with Crippen molar-refractivity contribution in [3.05, 3.63) is 70.8 Å². The van der Waals surface area contributed by atoms with Crippen molar-refractivity contribution < 1.29 is 19.4 Å². The number of hydrogen-bond acceptors (Lipinski definition) is 5. The van der Waals surface area contributed by atoms with Crippen molar-refractivity contribution in [3.8, 4) is 5.75 Å². The first-order chi connectivity index (χ1) is 13.5. The minimum absolute atomic E-state index is 0.106. The molecule has 0 saturated heterocycles. The van der Waals surface area contributed by atoms with E-state index in [0.29, 0.717) is 5.02 Å². The summed E-state index contributed by atoms with van der Waals surface area (Å²) < 4.78 is 5.19. The fourth-order valence-electron chi connectivity index (χ4n) is 3.03. The van der Waals surface area contributed by atoms with Crippen LogP contribution in [0.25, 0.3) is 5.70 Å². The maximum Gasteiger partial charge on any atom is 0.241 e. The molecule has 0 aliphatic carbocycles. The summed E-state index contributed by atoms with van der Waals surface area (Å²) in [6.45, 7) is 0. The third-order valence-electron chi connectivity index (χ3n) is 4.50. The molecule has 3 rings (SSSR count). The summed E-state index contributed by atoms with van der Waals surface area (Å²) in [5, 5.41) is 12.8. The minimum Gasteiger partial charge on any atom is -0.550 e. The number of methoxy groups -OCH3 is 1. The van der Waals surface area contributed by atoms with E-state index in [1.165, 1.54) is 5.01 Å². The Kier molecular flexibility index (Phi) is 6.21. The third-order valence-corrected chi connectivity index (χ3v) is 4.75. The van der Waals surface area contributed by atoms with Crippen molar-refractivity contribution in [3.63, 3.8) is 0 Å². The summed E-state index contributed by atoms with van der Waals surface area (Å²) in [6.07, 6.45) is 2.14. The molecule has 0 bridgehead atoms. The molecule has 2 aromatic rings. The molecule has 0 aromatic heterocycles. The Bertz CT molecular complexity index is 878. The summed E-state index contributed by atoms with van der Waals surface area (Å²) in [6, 6.07) is 14.4. The average Bonchev–Trinajstić information content (AvgIpc) is 3.14. The monoisotopic (exact) mass is 399 g/mol. The number of amides is 1. The van der Waals surface area contributed by atoms with Crippen molar-refractivity contribution >= 4 is 29.2 Å². The van der Waals surface area contributed by atoms with Gasteiger partial charge >= 0.3 is 0 Å². The first-order valence-electron chi connectivity index (χ1n) is 8.88. The Balaban J connectivity index is 1.84. The number of benzene rings is 2. The summed E-state index contributed by atoms with van der Waals surface area (Å²) in [4.78, 5) is 23.3. The highest BCUT2D eigenvalue weighted by atomic mass is 35.5. The normalized spacial score (nSPS) is 15.7. The van der Waals surface area contributed by atoms with Gasteiger partial charge in [0.1, 0.15) is 5.75 Å². The number of carbonyl (C=O) groups excluding carboxylic acids is 2. The highest BCUT2D eigenvalue weighted by Gasteiger charge is 2.30. The molecule has 2 aromatic carbocycles. The number of ether oxygens (including phenoxy) is 1. The zero-order valence-electron chi connectivity index (χ0n) is 15.4. The number of nitrogens with one attached hydrogen (secondary N) is 1. The lowest BCUT2D eigenvalue weighted by molar-refractivity contribution is -0.305. The van der Waals surface area contributed by atoms with E-state index in [-0.39, 0.29) is 31.2 Å². The maximum atomic E-state index is 12.7. The van der Waals surface area contributed by atoms with Gasteiger partial charge in [-0.25, -0.2) is 5.01 Å². The first-order valence-corrected chi connectivity index (χ1v) is 9.26. The van der Waals surface area contributed by atoms with Crippen LogP contribution in [0.5, 0.6) is 5.75 Å². The van der Waals surface area contributed by atoms with Crippen molar-refractivity contribution in [2.75, 3.05) is 7.11 Å². The van der Waals surface area contributed by atoms with Crippen LogP contribution in [0.4, 0.5) is 0 Å². The van der Waals surface area contributed by atoms with Gasteiger partial charge in [-0.15, -0.1) is 0 Å². The zero-order chi connectivity index (χ0) is 20.1. The maximum absolute atomic E-state index is 12.7. The number of rotatable bonds is 7. The molecule has 0 unspecified atom stereocenters. The van der Waals surface area contributed by atoms with Gasteiger partial charge in [0, 0.05) is 17.4 Å². The Morgan fingerprint density at radius 1 is 1.11 bits per heavy atom. The van der Waals surface area contributed by atoms with Crippen LogP contribution < -0.4 is 15.3 Å². The quantitative estimate of drug-likeness (QED) is 0.774. The lowest BCUT2D eigenvalue weighted by Crippen LogP contribution is -2.39. The Hall–Kier alpha value is -2.99. The highest BCUT2D eigenvalue weighted by Crippen LogP contribution is 2.33. The van der Waals surface area contributed by atoms with E-state index >= 15 is 0 Å². The number of carboxylic acids is 1. The molecule has 1 atom stereocenters. The van der Waals surface area contributed by atoms with Crippen molar-refractivity contribution in [2.45, 2.75) is 25.3 Å². The molecule has 0 saturated carbocycles. The molecular formula is C21H20ClN2O4-. The number of nitrogens with zero attached hydrogens (tertiary/aromatic N) is 1. The molecular weight excluding hydrogens is 380 g/mol. The zero-order valence-corrected chi connectivity index (χ0v) is 16.1. The third kappa shape index (κ3) is 4.64. The predicted molar refractivity (Wildman–Crippen MR) is 104 cm³/mol. The number of hydrogen-bond donors (Lipinski definition) is 1. The first kappa shape index (κ1) is 19.8. The number of aliphatic carboxylic acids is 1. The molecule has 0 radical (unpaired) electrons. The van der Waals surface area contributed by atoms with E-state index in [9.17, 15) is 14.7 Å². The fourth-order valence-corrected chi connectivity index (χ4v) is 3.15. The van der Waals surface area contributed by atoms with Crippen LogP contribution in [0, 0.1) is 0 Å². The van der Waals surface area contributed by atoms with Gasteiger partial charge in [-0.2, -0.15) is 0 Å². The van der Waals surface area contributed by atoms with Crippen LogP contribution >= 0.6 is 11.6 Å². The predicted octanol–water partition coefficient (Wildman–Crippen LogP) is 2.70. The molecule has 0 spiro atoms. The smallest absolute Gasteiger partial charge is 0.241 e. The van der Waals surface area contributed by atoms with Gasteiger partial charge in [0.05, 0.1) is 18.8 Å². The highest BCUT2D eigenvalue weighted by molar-refractivity contribution is 6.30. The second kappa shape index (κ2) is 8.80. The van der Waals surface area contributed by atoms with Crippen LogP contribution in [0.15, 0.2) is 54.6 Å². The standard InChI is InChI=1S/C21H21ClN2O4/c1-28-17-11-7-14(8-12-17)18-13-19(15-5-9-16(22)10-6-15)24(23-18)20(25)3-2-4-21(26)27/h5-13,19,23H,2-4H2,1H3,(H,26,27)/p-1/t19-/m1/s1. The second-order valence-corrected chi connectivity index (χ2v) is 6.84. The molecule has 1 aliphatic rings. The Morgan fingerprint density at radius 2 is 1.79 bits per heavy atom. The van der Waals surface area contributed by atoms with E-state index in [1.54, 1.807) is 19.2 Å². The van der Waals surface area contributed by atoms with E-state index in [0.717, 1.165) is 22.6 Å². The van der Waals surface area contributed by atoms with Crippen molar-refractivity contribution in [1.82, 2.24) is 10.4 Å². The topological polar surface area (TPSA) is 81.7 Å². The van der Waals surface area contributed by atoms with Gasteiger partial charge in [0.25, 0.3) is 0 Å². The fraction of sp³-hybridized carbons (Fsp3) is 0.238. The van der Waals surface area contributed by atoms with Crippen LogP contribution in [0.1, 0.15) is 36.4 Å². The van der Waals surface area contributed by atoms with Gasteiger partial charge in [0.2, 0.25) is 5.91 Å². The Morgan fingerprint density at radius 3 is 2.39 bits per heavy atom. The number of halogens is 1. The van der Waals surface area contributed by atoms with E-state index in [2.05, 4.69) is 5.43 Å². The van der Waals surface area contributed by atoms with Crippen LogP contribution in [0.2, 0.25) is 5.02 Å². The largest absolute Gasteiger partial charge is 0.550 e. The average molecular weight is 400 g/mol. The number of carboxylic acid groups (broad SMARTS) is 1. The molecule has 1 N–H and O–H groups in total. The van der Waals surface area contributed by atoms with Gasteiger partial charge in [-0.3, -0.25) is 10.2 Å². The molecule has 28 heavy (non-hydrogen) atoms. The summed E-state index contributed by atoms with van der Waals surface area (Å²) >= 11 is 5.98. The molecule has 1 aliphatic heterocycles. The van der Waals surface area contributed by atoms with Gasteiger partial charge in [-0.05, 0) is 66.4 Å². The van der Waals surface area contributed by atoms with Gasteiger partial charge < -0.3 is 14.6 Å². The van der Waals surface area contributed by atoms with Gasteiger partial charge in [-0.1, -0.05) is 23.7 Å². The summed E-state index contributed by atoms with van der Waals surface area (Å²) in [7, 11) is 1.60.